The number of hydrogen-bond acceptors (Lipinski definition) is 4. The van der Waals surface area contributed by atoms with Gasteiger partial charge in [-0.3, -0.25) is 10.1 Å². The minimum atomic E-state index is -0.508. The molecule has 0 aliphatic heterocycles. The van der Waals surface area contributed by atoms with Gasteiger partial charge in [-0.1, -0.05) is 72.4 Å². The van der Waals surface area contributed by atoms with Gasteiger partial charge in [-0.25, -0.2) is 9.78 Å². The van der Waals surface area contributed by atoms with E-state index in [1.165, 1.54) is 17.3 Å². The number of aromatic nitrogens is 2. The summed E-state index contributed by atoms with van der Waals surface area (Å²) in [6.45, 7) is 4.08. The summed E-state index contributed by atoms with van der Waals surface area (Å²) in [4.78, 5) is 32.1. The Balaban J connectivity index is 1.50. The number of aromatic amines is 1. The normalized spacial score (nSPS) is 11.7. The second kappa shape index (κ2) is 9.93. The van der Waals surface area contributed by atoms with E-state index in [1.807, 2.05) is 55.5 Å². The molecule has 6 nitrogen and oxygen atoms in total. The van der Waals surface area contributed by atoms with Crippen molar-refractivity contribution in [1.82, 2.24) is 20.6 Å². The second-order valence-corrected chi connectivity index (χ2v) is 8.02. The summed E-state index contributed by atoms with van der Waals surface area (Å²) in [5.74, 6) is -0.362. The highest BCUT2D eigenvalue weighted by molar-refractivity contribution is 8.00. The van der Waals surface area contributed by atoms with Gasteiger partial charge < -0.3 is 10.3 Å². The Kier molecular flexibility index (Phi) is 7.08. The molecule has 1 heterocycles. The van der Waals surface area contributed by atoms with Crippen LogP contribution in [0.2, 0.25) is 0 Å². The number of thioether (sulfide) groups is 1. The van der Waals surface area contributed by atoms with Crippen molar-refractivity contribution in [2.24, 2.45) is 0 Å². The van der Waals surface area contributed by atoms with Crippen molar-refractivity contribution >= 4 is 23.7 Å². The summed E-state index contributed by atoms with van der Waals surface area (Å²) in [6, 6.07) is 19.1. The predicted octanol–water partition coefficient (Wildman–Crippen LogP) is 3.82. The highest BCUT2D eigenvalue weighted by atomic mass is 32.2. The van der Waals surface area contributed by atoms with Crippen molar-refractivity contribution in [2.75, 3.05) is 0 Å². The fraction of sp³-hybridized carbons (Fsp3) is 0.227. The smallest absolute Gasteiger partial charge is 0.321 e. The third-order valence-electron chi connectivity index (χ3n) is 4.37. The monoisotopic (exact) mass is 408 g/mol. The summed E-state index contributed by atoms with van der Waals surface area (Å²) in [6.07, 6.45) is 0.728. The van der Waals surface area contributed by atoms with E-state index in [2.05, 4.69) is 32.7 Å². The van der Waals surface area contributed by atoms with Gasteiger partial charge in [-0.05, 0) is 25.0 Å². The Labute approximate surface area is 174 Å². The molecule has 0 saturated heterocycles. The molecule has 150 valence electrons. The lowest BCUT2D eigenvalue weighted by molar-refractivity contribution is -0.119. The molecule has 0 spiro atoms. The van der Waals surface area contributed by atoms with E-state index in [0.717, 1.165) is 23.4 Å². The number of H-pyrrole nitrogens is 1. The van der Waals surface area contributed by atoms with Gasteiger partial charge in [-0.15, -0.1) is 0 Å². The van der Waals surface area contributed by atoms with E-state index in [0.29, 0.717) is 11.7 Å². The van der Waals surface area contributed by atoms with Crippen LogP contribution in [0.1, 0.15) is 29.4 Å². The van der Waals surface area contributed by atoms with Gasteiger partial charge in [0.25, 0.3) is 0 Å². The quantitative estimate of drug-likeness (QED) is 0.519. The number of carbonyl (C=O) groups excluding carboxylic acids is 2. The van der Waals surface area contributed by atoms with Gasteiger partial charge in [0.05, 0.1) is 10.9 Å². The van der Waals surface area contributed by atoms with Crippen molar-refractivity contribution < 1.29 is 9.59 Å². The summed E-state index contributed by atoms with van der Waals surface area (Å²) in [7, 11) is 0. The Morgan fingerprint density at radius 3 is 2.31 bits per heavy atom. The molecule has 0 aliphatic rings. The van der Waals surface area contributed by atoms with Crippen LogP contribution < -0.4 is 10.6 Å². The number of imide groups is 1. The van der Waals surface area contributed by atoms with E-state index < -0.39 is 11.3 Å². The standard InChI is InChI=1S/C22H24N4O2S/c1-15-19(13-17-9-5-3-6-10-17)25-22(24-15)29-16(2)20(27)26-21(28)23-14-18-11-7-4-8-12-18/h3-12,16H,13-14H2,1-2H3,(H,24,25)(H2,23,26,27,28)/t16-/m0/s1. The molecule has 0 unspecified atom stereocenters. The molecule has 0 bridgehead atoms. The molecule has 1 aromatic heterocycles. The molecular weight excluding hydrogens is 384 g/mol. The maximum atomic E-state index is 12.3. The Bertz CT molecular complexity index is 957. The Hall–Kier alpha value is -3.06. The Morgan fingerprint density at radius 1 is 1.03 bits per heavy atom. The van der Waals surface area contributed by atoms with Crippen LogP contribution in [0.25, 0.3) is 0 Å². The summed E-state index contributed by atoms with van der Waals surface area (Å²) in [5, 5.41) is 5.27. The van der Waals surface area contributed by atoms with E-state index in [1.54, 1.807) is 6.92 Å². The molecule has 0 saturated carbocycles. The van der Waals surface area contributed by atoms with E-state index in [9.17, 15) is 9.59 Å². The zero-order valence-electron chi connectivity index (χ0n) is 16.4. The molecule has 0 radical (unpaired) electrons. The van der Waals surface area contributed by atoms with Gasteiger partial charge in [0, 0.05) is 18.7 Å². The van der Waals surface area contributed by atoms with Crippen LogP contribution in [0.15, 0.2) is 65.8 Å². The first-order valence-electron chi connectivity index (χ1n) is 9.40. The summed E-state index contributed by atoms with van der Waals surface area (Å²) < 4.78 is 0. The van der Waals surface area contributed by atoms with Crippen LogP contribution in [-0.2, 0) is 17.8 Å². The zero-order valence-corrected chi connectivity index (χ0v) is 17.3. The minimum absolute atomic E-state index is 0.362. The largest absolute Gasteiger partial charge is 0.337 e. The first-order chi connectivity index (χ1) is 14.0. The molecule has 3 rings (SSSR count). The number of amides is 3. The van der Waals surface area contributed by atoms with Crippen molar-refractivity contribution in [2.45, 2.75) is 37.2 Å². The number of imidazole rings is 1. The fourth-order valence-electron chi connectivity index (χ4n) is 2.74. The maximum Gasteiger partial charge on any atom is 0.321 e. The third-order valence-corrected chi connectivity index (χ3v) is 5.35. The molecule has 0 fully saturated rings. The lowest BCUT2D eigenvalue weighted by Crippen LogP contribution is -2.42. The van der Waals surface area contributed by atoms with Gasteiger partial charge in [0.15, 0.2) is 5.16 Å². The van der Waals surface area contributed by atoms with Gasteiger partial charge in [0.2, 0.25) is 5.91 Å². The molecule has 3 aromatic rings. The van der Waals surface area contributed by atoms with Gasteiger partial charge in [0.1, 0.15) is 0 Å². The van der Waals surface area contributed by atoms with Crippen LogP contribution >= 0.6 is 11.8 Å². The number of nitrogens with zero attached hydrogens (tertiary/aromatic N) is 1. The van der Waals surface area contributed by atoms with Gasteiger partial charge >= 0.3 is 6.03 Å². The van der Waals surface area contributed by atoms with E-state index in [4.69, 9.17) is 0 Å². The SMILES string of the molecule is Cc1[nH]c(S[C@@H](C)C(=O)NC(=O)NCc2ccccc2)nc1Cc1ccccc1. The second-order valence-electron chi connectivity index (χ2n) is 6.69. The van der Waals surface area contributed by atoms with Crippen molar-refractivity contribution in [3.05, 3.63) is 83.2 Å². The lowest BCUT2D eigenvalue weighted by Gasteiger charge is -2.10. The van der Waals surface area contributed by atoms with E-state index >= 15 is 0 Å². The average molecular weight is 409 g/mol. The number of aryl methyl sites for hydroxylation is 1. The maximum absolute atomic E-state index is 12.3. The molecule has 0 aliphatic carbocycles. The minimum Gasteiger partial charge on any atom is -0.337 e. The highest BCUT2D eigenvalue weighted by Gasteiger charge is 2.19. The van der Waals surface area contributed by atoms with Crippen LogP contribution in [0.5, 0.6) is 0 Å². The highest BCUT2D eigenvalue weighted by Crippen LogP contribution is 2.23. The molecule has 3 amide bonds. The average Bonchev–Trinajstić information content (AvgIpc) is 3.06. The number of hydrogen-bond donors (Lipinski definition) is 3. The molecule has 3 N–H and O–H groups in total. The van der Waals surface area contributed by atoms with Crippen LogP contribution in [-0.4, -0.2) is 27.2 Å². The lowest BCUT2D eigenvalue weighted by atomic mass is 10.1. The van der Waals surface area contributed by atoms with Crippen LogP contribution in [0.4, 0.5) is 4.79 Å². The van der Waals surface area contributed by atoms with Crippen LogP contribution in [0, 0.1) is 6.92 Å². The molecule has 2 aromatic carbocycles. The number of benzene rings is 2. The number of nitrogens with one attached hydrogen (secondary N) is 3. The topological polar surface area (TPSA) is 86.9 Å². The predicted molar refractivity (Wildman–Crippen MR) is 115 cm³/mol. The zero-order chi connectivity index (χ0) is 20.6. The van der Waals surface area contributed by atoms with Crippen molar-refractivity contribution in [3.63, 3.8) is 0 Å². The number of rotatable bonds is 7. The van der Waals surface area contributed by atoms with Crippen molar-refractivity contribution in [1.29, 1.82) is 0 Å². The first kappa shape index (κ1) is 20.7. The van der Waals surface area contributed by atoms with E-state index in [-0.39, 0.29) is 5.91 Å². The van der Waals surface area contributed by atoms with Gasteiger partial charge in [-0.2, -0.15) is 0 Å². The molecular formula is C22H24N4O2S. The Morgan fingerprint density at radius 2 is 1.66 bits per heavy atom. The molecule has 29 heavy (non-hydrogen) atoms. The van der Waals surface area contributed by atoms with Crippen LogP contribution in [0.3, 0.4) is 0 Å². The molecule has 7 heteroatoms. The first-order valence-corrected chi connectivity index (χ1v) is 10.3. The fourth-order valence-corrected chi connectivity index (χ4v) is 3.62. The molecule has 1 atom stereocenters. The summed E-state index contributed by atoms with van der Waals surface area (Å²) in [5.41, 5.74) is 4.07. The third kappa shape index (κ3) is 6.22. The van der Waals surface area contributed by atoms with Crippen molar-refractivity contribution in [3.8, 4) is 0 Å². The number of urea groups is 1. The number of carbonyl (C=O) groups is 2. The summed E-state index contributed by atoms with van der Waals surface area (Å²) >= 11 is 1.29.